The smallest absolute Gasteiger partial charge is 0.199 e. The molecule has 0 heterocycles. The Hall–Kier alpha value is -2.74. The van der Waals surface area contributed by atoms with Crippen LogP contribution in [0.25, 0.3) is 0 Å². The largest absolute Gasteiger partial charge is 0.376 e. The Labute approximate surface area is 195 Å². The van der Waals surface area contributed by atoms with Crippen LogP contribution in [0.5, 0.6) is 0 Å². The SMILES string of the molecule is C=C1CC(S(=O)(=O)c2ccccc2)(S(=O)(=O)c2ccccc2)C[C@H]1[C@H](OC)c1ccccc1. The van der Waals surface area contributed by atoms with Gasteiger partial charge in [-0.15, -0.1) is 0 Å². The van der Waals surface area contributed by atoms with Crippen molar-refractivity contribution < 1.29 is 21.6 Å². The van der Waals surface area contributed by atoms with Gasteiger partial charge in [0.25, 0.3) is 0 Å². The number of hydrogen-bond acceptors (Lipinski definition) is 5. The number of hydrogen-bond donors (Lipinski definition) is 0. The molecule has 0 bridgehead atoms. The van der Waals surface area contributed by atoms with Gasteiger partial charge in [-0.05, 0) is 36.2 Å². The van der Waals surface area contributed by atoms with E-state index in [4.69, 9.17) is 4.74 Å². The number of methoxy groups -OCH3 is 1. The highest BCUT2D eigenvalue weighted by atomic mass is 32.3. The molecule has 3 aromatic rings. The van der Waals surface area contributed by atoms with E-state index in [9.17, 15) is 16.8 Å². The highest BCUT2D eigenvalue weighted by Gasteiger charge is 2.62. The highest BCUT2D eigenvalue weighted by Crippen LogP contribution is 2.54. The van der Waals surface area contributed by atoms with Gasteiger partial charge in [-0.25, -0.2) is 16.8 Å². The van der Waals surface area contributed by atoms with Gasteiger partial charge in [0, 0.05) is 19.4 Å². The van der Waals surface area contributed by atoms with Gasteiger partial charge >= 0.3 is 0 Å². The van der Waals surface area contributed by atoms with Crippen molar-refractivity contribution in [3.8, 4) is 0 Å². The topological polar surface area (TPSA) is 77.5 Å². The maximum Gasteiger partial charge on any atom is 0.199 e. The molecular formula is C26H26O5S2. The van der Waals surface area contributed by atoms with Crippen molar-refractivity contribution in [1.29, 1.82) is 0 Å². The molecule has 0 unspecified atom stereocenters. The number of ether oxygens (including phenoxy) is 1. The van der Waals surface area contributed by atoms with Crippen LogP contribution in [-0.2, 0) is 24.4 Å². The number of sulfone groups is 2. The Kier molecular flexibility index (Phi) is 6.31. The molecule has 172 valence electrons. The Morgan fingerprint density at radius 3 is 1.64 bits per heavy atom. The zero-order valence-electron chi connectivity index (χ0n) is 18.3. The third kappa shape index (κ3) is 3.84. The van der Waals surface area contributed by atoms with E-state index in [0.29, 0.717) is 5.57 Å². The first-order valence-electron chi connectivity index (χ1n) is 10.6. The first-order valence-corrected chi connectivity index (χ1v) is 13.6. The average Bonchev–Trinajstić information content (AvgIpc) is 3.21. The van der Waals surface area contributed by atoms with E-state index in [2.05, 4.69) is 6.58 Å². The summed E-state index contributed by atoms with van der Waals surface area (Å²) in [5, 5.41) is 0. The van der Waals surface area contributed by atoms with Crippen LogP contribution >= 0.6 is 0 Å². The van der Waals surface area contributed by atoms with Crippen LogP contribution < -0.4 is 0 Å². The van der Waals surface area contributed by atoms with Gasteiger partial charge < -0.3 is 4.74 Å². The monoisotopic (exact) mass is 482 g/mol. The molecule has 1 saturated carbocycles. The van der Waals surface area contributed by atoms with Crippen LogP contribution in [0, 0.1) is 5.92 Å². The molecule has 0 spiro atoms. The molecule has 0 aromatic heterocycles. The molecule has 1 fully saturated rings. The van der Waals surface area contributed by atoms with Crippen LogP contribution in [0.3, 0.4) is 0 Å². The summed E-state index contributed by atoms with van der Waals surface area (Å²) in [6, 6.07) is 24.9. The van der Waals surface area contributed by atoms with E-state index in [0.717, 1.165) is 5.56 Å². The minimum Gasteiger partial charge on any atom is -0.376 e. The van der Waals surface area contributed by atoms with Gasteiger partial charge in [0.2, 0.25) is 0 Å². The summed E-state index contributed by atoms with van der Waals surface area (Å²) in [6.45, 7) is 4.13. The summed E-state index contributed by atoms with van der Waals surface area (Å²) in [6.07, 6.45) is -0.857. The predicted octanol–water partition coefficient (Wildman–Crippen LogP) is 4.98. The van der Waals surface area contributed by atoms with Crippen molar-refractivity contribution in [3.05, 3.63) is 109 Å². The second kappa shape index (κ2) is 8.89. The maximum absolute atomic E-state index is 14.1. The van der Waals surface area contributed by atoms with Crippen LogP contribution in [0.4, 0.5) is 0 Å². The van der Waals surface area contributed by atoms with Crippen molar-refractivity contribution in [2.24, 2.45) is 5.92 Å². The highest BCUT2D eigenvalue weighted by molar-refractivity contribution is 8.10. The Balaban J connectivity index is 1.91. The zero-order valence-corrected chi connectivity index (χ0v) is 19.9. The fourth-order valence-electron chi connectivity index (χ4n) is 4.71. The maximum atomic E-state index is 14.1. The fourth-order valence-corrected chi connectivity index (χ4v) is 9.88. The van der Waals surface area contributed by atoms with Gasteiger partial charge in [0.05, 0.1) is 15.9 Å². The van der Waals surface area contributed by atoms with Crippen molar-refractivity contribution in [3.63, 3.8) is 0 Å². The van der Waals surface area contributed by atoms with E-state index in [1.807, 2.05) is 30.3 Å². The Bertz CT molecular complexity index is 1260. The minimum atomic E-state index is -4.30. The lowest BCUT2D eigenvalue weighted by atomic mass is 9.92. The average molecular weight is 483 g/mol. The van der Waals surface area contributed by atoms with Crippen molar-refractivity contribution in [1.82, 2.24) is 0 Å². The van der Waals surface area contributed by atoms with Crippen molar-refractivity contribution >= 4 is 19.7 Å². The summed E-state index contributed by atoms with van der Waals surface area (Å²) in [5.41, 5.74) is 1.39. The molecule has 0 saturated heterocycles. The Morgan fingerprint density at radius 2 is 1.21 bits per heavy atom. The number of rotatable bonds is 7. The molecule has 0 radical (unpaired) electrons. The molecule has 1 aliphatic rings. The molecular weight excluding hydrogens is 456 g/mol. The first kappa shape index (κ1) is 23.4. The molecule has 1 aliphatic carbocycles. The van der Waals surface area contributed by atoms with Gasteiger partial charge in [0.15, 0.2) is 23.8 Å². The van der Waals surface area contributed by atoms with Gasteiger partial charge in [0.1, 0.15) is 0 Å². The summed E-state index contributed by atoms with van der Waals surface area (Å²) in [5.74, 6) is -0.491. The summed E-state index contributed by atoms with van der Waals surface area (Å²) >= 11 is 0. The van der Waals surface area contributed by atoms with Gasteiger partial charge in [-0.3, -0.25) is 0 Å². The molecule has 5 nitrogen and oxygen atoms in total. The lowest BCUT2D eigenvalue weighted by Crippen LogP contribution is -2.44. The first-order chi connectivity index (χ1) is 15.7. The van der Waals surface area contributed by atoms with E-state index in [-0.39, 0.29) is 22.6 Å². The molecule has 33 heavy (non-hydrogen) atoms. The normalized spacial score (nSPS) is 19.3. The van der Waals surface area contributed by atoms with Crippen LogP contribution in [0.1, 0.15) is 24.5 Å². The molecule has 0 amide bonds. The molecule has 2 atom stereocenters. The summed E-state index contributed by atoms with van der Waals surface area (Å²) < 4.78 is 59.9. The zero-order chi connectivity index (χ0) is 23.7. The standard InChI is InChI=1S/C26H26O5S2/c1-20-18-26(32(27,28)22-14-8-4-9-15-22,33(29,30)23-16-10-5-11-17-23)19-24(20)25(31-2)21-12-6-3-7-13-21/h3-17,24-25H,1,18-19H2,2H3/t24-,25-/m1/s1. The second-order valence-electron chi connectivity index (χ2n) is 8.26. The van der Waals surface area contributed by atoms with E-state index in [1.54, 1.807) is 43.5 Å². The van der Waals surface area contributed by atoms with Crippen molar-refractivity contribution in [2.75, 3.05) is 7.11 Å². The quantitative estimate of drug-likeness (QED) is 0.444. The minimum absolute atomic E-state index is 0.0216. The van der Waals surface area contributed by atoms with E-state index in [1.165, 1.54) is 24.3 Å². The Morgan fingerprint density at radius 1 is 0.788 bits per heavy atom. The third-order valence-electron chi connectivity index (χ3n) is 6.39. The van der Waals surface area contributed by atoms with E-state index < -0.39 is 35.8 Å². The fraction of sp³-hybridized carbons (Fsp3) is 0.231. The molecule has 0 N–H and O–H groups in total. The number of benzene rings is 3. The molecule has 3 aromatic carbocycles. The van der Waals surface area contributed by atoms with E-state index >= 15 is 0 Å². The van der Waals surface area contributed by atoms with Gasteiger partial charge in [-0.1, -0.05) is 78.9 Å². The second-order valence-corrected chi connectivity index (χ2v) is 13.0. The molecule has 7 heteroatoms. The molecule has 4 rings (SSSR count). The van der Waals surface area contributed by atoms with Crippen LogP contribution in [0.2, 0.25) is 0 Å². The lowest BCUT2D eigenvalue weighted by molar-refractivity contribution is 0.0660. The summed E-state index contributed by atoms with van der Waals surface area (Å²) in [7, 11) is -7.06. The van der Waals surface area contributed by atoms with Crippen molar-refractivity contribution in [2.45, 2.75) is 32.8 Å². The summed E-state index contributed by atoms with van der Waals surface area (Å²) in [4.78, 5) is -0.0433. The predicted molar refractivity (Wildman–Crippen MR) is 128 cm³/mol. The molecule has 0 aliphatic heterocycles. The third-order valence-corrected chi connectivity index (χ3v) is 12.1. The van der Waals surface area contributed by atoms with Crippen LogP contribution in [0.15, 0.2) is 113 Å². The van der Waals surface area contributed by atoms with Crippen LogP contribution in [-0.4, -0.2) is 28.0 Å². The lowest BCUT2D eigenvalue weighted by Gasteiger charge is -2.30. The van der Waals surface area contributed by atoms with Gasteiger partial charge in [-0.2, -0.15) is 0 Å².